The first-order chi connectivity index (χ1) is 15.5. The Labute approximate surface area is 190 Å². The summed E-state index contributed by atoms with van der Waals surface area (Å²) in [6, 6.07) is 10.5. The summed E-state index contributed by atoms with van der Waals surface area (Å²) in [5, 5.41) is 41.4. The fraction of sp³-hybridized carbons (Fsp3) is 0.556. The maximum atomic E-state index is 10.9. The molecule has 5 nitrogen and oxygen atoms in total. The molecule has 0 bridgehead atoms. The van der Waals surface area contributed by atoms with Crippen molar-refractivity contribution in [2.45, 2.75) is 76.6 Å². The SMILES string of the molecule is CCOc1ccc(Cc2cc([C@@H]3C[C@H](CO)[C@H](O)[C@H](O)[C@@H]3O)c(CC)c3c2CCC3)cc1. The van der Waals surface area contributed by atoms with E-state index in [1.54, 1.807) is 0 Å². The van der Waals surface area contributed by atoms with E-state index in [0.717, 1.165) is 43.4 Å². The number of fused-ring (bicyclic) bond motifs is 1. The van der Waals surface area contributed by atoms with Crippen molar-refractivity contribution in [2.75, 3.05) is 13.2 Å². The van der Waals surface area contributed by atoms with Gasteiger partial charge >= 0.3 is 0 Å². The Morgan fingerprint density at radius 1 is 0.938 bits per heavy atom. The van der Waals surface area contributed by atoms with Gasteiger partial charge in [-0.1, -0.05) is 25.1 Å². The average Bonchev–Trinajstić information content (AvgIpc) is 3.29. The first-order valence-electron chi connectivity index (χ1n) is 12.0. The second-order valence-electron chi connectivity index (χ2n) is 9.28. The molecule has 5 atom stereocenters. The molecule has 174 valence electrons. The van der Waals surface area contributed by atoms with Gasteiger partial charge in [-0.25, -0.2) is 0 Å². The largest absolute Gasteiger partial charge is 0.494 e. The summed E-state index contributed by atoms with van der Waals surface area (Å²) in [5.74, 6) is 0.132. The van der Waals surface area contributed by atoms with Crippen molar-refractivity contribution in [3.05, 3.63) is 63.7 Å². The third-order valence-corrected chi connectivity index (χ3v) is 7.42. The van der Waals surface area contributed by atoms with Crippen LogP contribution in [0, 0.1) is 5.92 Å². The highest BCUT2D eigenvalue weighted by molar-refractivity contribution is 5.52. The van der Waals surface area contributed by atoms with Crippen molar-refractivity contribution in [1.82, 2.24) is 0 Å². The van der Waals surface area contributed by atoms with E-state index in [0.29, 0.717) is 13.0 Å². The highest BCUT2D eigenvalue weighted by atomic mass is 16.5. The summed E-state index contributed by atoms with van der Waals surface area (Å²) in [4.78, 5) is 0. The van der Waals surface area contributed by atoms with E-state index in [1.165, 1.54) is 27.8 Å². The second-order valence-corrected chi connectivity index (χ2v) is 9.28. The Hall–Kier alpha value is -1.92. The summed E-state index contributed by atoms with van der Waals surface area (Å²) in [6.45, 7) is 4.57. The Morgan fingerprint density at radius 3 is 2.31 bits per heavy atom. The summed E-state index contributed by atoms with van der Waals surface area (Å²) in [7, 11) is 0. The molecule has 2 aliphatic rings. The van der Waals surface area contributed by atoms with Crippen LogP contribution in [0.3, 0.4) is 0 Å². The minimum atomic E-state index is -1.25. The van der Waals surface area contributed by atoms with E-state index in [1.807, 2.05) is 19.1 Å². The number of aliphatic hydroxyl groups excluding tert-OH is 4. The molecule has 0 heterocycles. The maximum absolute atomic E-state index is 10.9. The summed E-state index contributed by atoms with van der Waals surface area (Å²) in [6.07, 6.45) is 1.99. The van der Waals surface area contributed by atoms with Crippen molar-refractivity contribution < 1.29 is 25.2 Å². The third kappa shape index (κ3) is 4.32. The molecule has 4 N–H and O–H groups in total. The van der Waals surface area contributed by atoms with Gasteiger partial charge in [0, 0.05) is 18.4 Å². The fourth-order valence-corrected chi connectivity index (χ4v) is 5.78. The zero-order valence-electron chi connectivity index (χ0n) is 19.1. The average molecular weight is 441 g/mol. The zero-order valence-corrected chi connectivity index (χ0v) is 19.1. The van der Waals surface area contributed by atoms with Gasteiger partial charge in [0.25, 0.3) is 0 Å². The van der Waals surface area contributed by atoms with Gasteiger partial charge in [0.05, 0.1) is 18.8 Å². The topological polar surface area (TPSA) is 90.2 Å². The van der Waals surface area contributed by atoms with E-state index in [9.17, 15) is 20.4 Å². The Bertz CT molecular complexity index is 921. The lowest BCUT2D eigenvalue weighted by molar-refractivity contribution is -0.127. The quantitative estimate of drug-likeness (QED) is 0.532. The van der Waals surface area contributed by atoms with Crippen LogP contribution >= 0.6 is 0 Å². The van der Waals surface area contributed by atoms with Crippen molar-refractivity contribution in [1.29, 1.82) is 0 Å². The molecule has 0 radical (unpaired) electrons. The molecule has 0 unspecified atom stereocenters. The predicted molar refractivity (Wildman–Crippen MR) is 124 cm³/mol. The first-order valence-corrected chi connectivity index (χ1v) is 12.0. The molecule has 5 heteroatoms. The van der Waals surface area contributed by atoms with E-state index in [2.05, 4.69) is 25.1 Å². The van der Waals surface area contributed by atoms with Gasteiger partial charge in [0.2, 0.25) is 0 Å². The van der Waals surface area contributed by atoms with Crippen molar-refractivity contribution >= 4 is 0 Å². The number of rotatable bonds is 7. The molecule has 32 heavy (non-hydrogen) atoms. The monoisotopic (exact) mass is 440 g/mol. The second kappa shape index (κ2) is 9.92. The fourth-order valence-electron chi connectivity index (χ4n) is 5.78. The van der Waals surface area contributed by atoms with Crippen LogP contribution in [0.5, 0.6) is 5.75 Å². The van der Waals surface area contributed by atoms with Gasteiger partial charge in [-0.05, 0) is 91.0 Å². The van der Waals surface area contributed by atoms with Gasteiger partial charge in [-0.3, -0.25) is 0 Å². The molecular weight excluding hydrogens is 404 g/mol. The van der Waals surface area contributed by atoms with Crippen molar-refractivity contribution in [3.8, 4) is 5.75 Å². The van der Waals surface area contributed by atoms with Crippen LogP contribution in [-0.4, -0.2) is 52.0 Å². The zero-order chi connectivity index (χ0) is 22.8. The van der Waals surface area contributed by atoms with Crippen LogP contribution in [0.25, 0.3) is 0 Å². The van der Waals surface area contributed by atoms with E-state index < -0.39 is 24.2 Å². The molecule has 2 aromatic rings. The highest BCUT2D eigenvalue weighted by Crippen LogP contribution is 2.42. The molecule has 0 aromatic heterocycles. The smallest absolute Gasteiger partial charge is 0.119 e. The Balaban J connectivity index is 1.73. The number of hydrogen-bond donors (Lipinski definition) is 4. The van der Waals surface area contributed by atoms with Crippen molar-refractivity contribution in [3.63, 3.8) is 0 Å². The van der Waals surface area contributed by atoms with Gasteiger partial charge in [-0.2, -0.15) is 0 Å². The van der Waals surface area contributed by atoms with Gasteiger partial charge < -0.3 is 25.2 Å². The highest BCUT2D eigenvalue weighted by Gasteiger charge is 2.44. The van der Waals surface area contributed by atoms with E-state index in [4.69, 9.17) is 4.74 Å². The lowest BCUT2D eigenvalue weighted by Crippen LogP contribution is -2.51. The Morgan fingerprint density at radius 2 is 1.66 bits per heavy atom. The summed E-state index contributed by atoms with van der Waals surface area (Å²) < 4.78 is 5.57. The standard InChI is InChI=1S/C27H36O5/c1-3-20-22-7-5-6-21(22)17(12-16-8-10-19(11-9-16)32-4-2)13-23(20)24-14-18(15-28)25(29)27(31)26(24)30/h8-11,13,18,24-31H,3-7,12,14-15H2,1-2H3/t18-,24+,25+,26-,27+/m1/s1. The summed E-state index contributed by atoms with van der Waals surface area (Å²) in [5.41, 5.74) is 7.68. The molecule has 1 saturated carbocycles. The van der Waals surface area contributed by atoms with Crippen LogP contribution < -0.4 is 4.74 Å². The van der Waals surface area contributed by atoms with Crippen molar-refractivity contribution in [2.24, 2.45) is 5.92 Å². The lowest BCUT2D eigenvalue weighted by atomic mass is 9.70. The molecule has 0 aliphatic heterocycles. The molecule has 4 rings (SSSR count). The number of hydrogen-bond acceptors (Lipinski definition) is 5. The third-order valence-electron chi connectivity index (χ3n) is 7.42. The number of benzene rings is 2. The molecule has 2 aromatic carbocycles. The summed E-state index contributed by atoms with van der Waals surface area (Å²) >= 11 is 0. The van der Waals surface area contributed by atoms with Gasteiger partial charge in [0.1, 0.15) is 11.9 Å². The molecule has 1 fully saturated rings. The normalized spacial score (nSPS) is 27.4. The van der Waals surface area contributed by atoms with Crippen LogP contribution in [0.15, 0.2) is 30.3 Å². The Kier molecular flexibility index (Phi) is 7.21. The number of ether oxygens (including phenoxy) is 1. The maximum Gasteiger partial charge on any atom is 0.119 e. The molecule has 2 aliphatic carbocycles. The van der Waals surface area contributed by atoms with E-state index >= 15 is 0 Å². The molecule has 0 spiro atoms. The lowest BCUT2D eigenvalue weighted by Gasteiger charge is -2.41. The van der Waals surface area contributed by atoms with E-state index in [-0.39, 0.29) is 12.5 Å². The minimum absolute atomic E-state index is 0.202. The molecular formula is C27H36O5. The first kappa shape index (κ1) is 23.2. The molecule has 0 saturated heterocycles. The minimum Gasteiger partial charge on any atom is -0.494 e. The van der Waals surface area contributed by atoms with Crippen LogP contribution in [0.2, 0.25) is 0 Å². The van der Waals surface area contributed by atoms with Gasteiger partial charge in [0.15, 0.2) is 0 Å². The number of aliphatic hydroxyl groups is 4. The van der Waals surface area contributed by atoms with Crippen LogP contribution in [0.1, 0.15) is 66.0 Å². The predicted octanol–water partition coefficient (Wildman–Crippen LogP) is 2.91. The van der Waals surface area contributed by atoms with Gasteiger partial charge in [-0.15, -0.1) is 0 Å². The van der Waals surface area contributed by atoms with Crippen LogP contribution in [0.4, 0.5) is 0 Å². The molecule has 0 amide bonds. The van der Waals surface area contributed by atoms with Crippen LogP contribution in [-0.2, 0) is 25.7 Å².